The zero-order chi connectivity index (χ0) is 22.8. The number of alkyl halides is 2. The van der Waals surface area contributed by atoms with Gasteiger partial charge in [-0.05, 0) is 40.8 Å². The molecule has 5 rings (SSSR count). The van der Waals surface area contributed by atoms with E-state index in [2.05, 4.69) is 52.3 Å². The lowest BCUT2D eigenvalue weighted by Gasteiger charge is -2.29. The molecule has 1 saturated carbocycles. The maximum Gasteiger partial charge on any atom is 0.255 e. The third-order valence-corrected chi connectivity index (χ3v) is 6.36. The summed E-state index contributed by atoms with van der Waals surface area (Å²) in [6.07, 6.45) is 2.40. The van der Waals surface area contributed by atoms with E-state index in [4.69, 9.17) is 9.26 Å². The second-order valence-electron chi connectivity index (χ2n) is 8.90. The summed E-state index contributed by atoms with van der Waals surface area (Å²) in [5.74, 6) is -2.46. The van der Waals surface area contributed by atoms with Crippen LogP contribution >= 0.6 is 0 Å². The molecule has 33 heavy (non-hydrogen) atoms. The summed E-state index contributed by atoms with van der Waals surface area (Å²) < 4.78 is 36.5. The summed E-state index contributed by atoms with van der Waals surface area (Å²) in [6.45, 7) is 7.46. The molecule has 0 saturated heterocycles. The highest BCUT2D eigenvalue weighted by Gasteiger charge is 2.57. The topological polar surface area (TPSA) is 50.5 Å². The van der Waals surface area contributed by atoms with Crippen molar-refractivity contribution in [2.45, 2.75) is 38.4 Å². The fraction of sp³-hybridized carbons (Fsp3) is 0.346. The molecule has 7 heteroatoms. The van der Waals surface area contributed by atoms with Crippen LogP contribution in [0.4, 0.5) is 8.78 Å². The number of hydrogen-bond donors (Lipinski definition) is 1. The van der Waals surface area contributed by atoms with Gasteiger partial charge in [0.25, 0.3) is 5.92 Å². The number of nitrogens with zero attached hydrogens (tertiary/aromatic N) is 2. The zero-order valence-electron chi connectivity index (χ0n) is 18.4. The quantitative estimate of drug-likeness (QED) is 0.495. The smallest absolute Gasteiger partial charge is 0.255 e. The summed E-state index contributed by atoms with van der Waals surface area (Å²) in [6, 6.07) is 16.3. The van der Waals surface area contributed by atoms with Gasteiger partial charge in [-0.1, -0.05) is 42.1 Å². The van der Waals surface area contributed by atoms with E-state index in [0.717, 1.165) is 31.8 Å². The number of benzene rings is 2. The van der Waals surface area contributed by atoms with Crippen LogP contribution in [-0.2, 0) is 26.1 Å². The summed E-state index contributed by atoms with van der Waals surface area (Å²) in [7, 11) is 0. The van der Waals surface area contributed by atoms with E-state index < -0.39 is 11.8 Å². The van der Waals surface area contributed by atoms with E-state index >= 15 is 0 Å². The molecule has 1 atom stereocenters. The van der Waals surface area contributed by atoms with E-state index in [-0.39, 0.29) is 13.0 Å². The molecular weight excluding hydrogens is 424 g/mol. The van der Waals surface area contributed by atoms with Crippen LogP contribution in [0.25, 0.3) is 5.70 Å². The van der Waals surface area contributed by atoms with Gasteiger partial charge in [0.05, 0.1) is 18.2 Å². The van der Waals surface area contributed by atoms with E-state index in [0.29, 0.717) is 18.0 Å². The molecule has 0 bridgehead atoms. The van der Waals surface area contributed by atoms with E-state index in [1.54, 1.807) is 6.07 Å². The Labute approximate surface area is 192 Å². The minimum absolute atomic E-state index is 0.0531. The molecule has 1 aromatic heterocycles. The summed E-state index contributed by atoms with van der Waals surface area (Å²) in [5.41, 5.74) is 6.41. The third kappa shape index (κ3) is 5.25. The maximum atomic E-state index is 13.0. The number of halogens is 2. The van der Waals surface area contributed by atoms with Crippen molar-refractivity contribution in [1.82, 2.24) is 15.4 Å². The standard InChI is InChI=1S/C26H27F2N3O2/c1-18(25-9-11-33-30-25)29-14-19-2-4-20(5-3-19)15-31-10-8-21-12-24(7-6-22(21)16-31)32-17-23-13-26(23,27)28/h2-7,9,11-12,23,29H,1,8,10,13-17H2. The largest absolute Gasteiger partial charge is 0.493 e. The van der Waals surface area contributed by atoms with E-state index in [1.165, 1.54) is 28.5 Å². The maximum absolute atomic E-state index is 13.0. The van der Waals surface area contributed by atoms with Gasteiger partial charge in [0, 0.05) is 38.7 Å². The molecule has 1 aliphatic carbocycles. The van der Waals surface area contributed by atoms with E-state index in [1.807, 2.05) is 12.1 Å². The van der Waals surface area contributed by atoms with Gasteiger partial charge < -0.3 is 14.6 Å². The van der Waals surface area contributed by atoms with Crippen molar-refractivity contribution >= 4 is 5.70 Å². The van der Waals surface area contributed by atoms with Gasteiger partial charge in [-0.15, -0.1) is 0 Å². The predicted molar refractivity (Wildman–Crippen MR) is 122 cm³/mol. The van der Waals surface area contributed by atoms with Crippen molar-refractivity contribution in [3.63, 3.8) is 0 Å². The number of nitrogens with one attached hydrogen (secondary N) is 1. The lowest BCUT2D eigenvalue weighted by molar-refractivity contribution is 0.0856. The molecule has 2 aliphatic rings. The van der Waals surface area contributed by atoms with E-state index in [9.17, 15) is 8.78 Å². The molecule has 2 heterocycles. The fourth-order valence-electron chi connectivity index (χ4n) is 4.15. The first-order valence-corrected chi connectivity index (χ1v) is 11.2. The van der Waals surface area contributed by atoms with Crippen molar-refractivity contribution in [3.05, 3.63) is 89.3 Å². The van der Waals surface area contributed by atoms with Gasteiger partial charge in [-0.2, -0.15) is 0 Å². The number of fused-ring (bicyclic) bond motifs is 1. The number of rotatable bonds is 9. The Balaban J connectivity index is 1.11. The minimum atomic E-state index is -2.53. The summed E-state index contributed by atoms with van der Waals surface area (Å²) >= 11 is 0. The van der Waals surface area contributed by atoms with Gasteiger partial charge >= 0.3 is 0 Å². The Morgan fingerprint density at radius 2 is 1.94 bits per heavy atom. The molecule has 0 spiro atoms. The monoisotopic (exact) mass is 451 g/mol. The van der Waals surface area contributed by atoms with Crippen molar-refractivity contribution < 1.29 is 18.0 Å². The van der Waals surface area contributed by atoms with Crippen molar-refractivity contribution in [1.29, 1.82) is 0 Å². The van der Waals surface area contributed by atoms with Crippen LogP contribution in [0.15, 0.2) is 65.9 Å². The van der Waals surface area contributed by atoms with Crippen LogP contribution in [0.3, 0.4) is 0 Å². The molecule has 1 aliphatic heterocycles. The van der Waals surface area contributed by atoms with Crippen molar-refractivity contribution in [2.75, 3.05) is 13.2 Å². The zero-order valence-corrected chi connectivity index (χ0v) is 18.4. The third-order valence-electron chi connectivity index (χ3n) is 6.36. The normalized spacial score (nSPS) is 19.0. The second-order valence-corrected chi connectivity index (χ2v) is 8.90. The molecule has 2 aromatic carbocycles. The van der Waals surface area contributed by atoms with Crippen LogP contribution in [-0.4, -0.2) is 29.1 Å². The first-order valence-electron chi connectivity index (χ1n) is 11.2. The molecular formula is C26H27F2N3O2. The Morgan fingerprint density at radius 3 is 2.67 bits per heavy atom. The highest BCUT2D eigenvalue weighted by molar-refractivity contribution is 5.57. The predicted octanol–water partition coefficient (Wildman–Crippen LogP) is 5.03. The number of ether oxygens (including phenoxy) is 1. The SMILES string of the molecule is C=C(NCc1ccc(CN2CCc3cc(OCC4CC4(F)F)ccc3C2)cc1)c1ccon1. The fourth-order valence-corrected chi connectivity index (χ4v) is 4.15. The van der Waals surface area contributed by atoms with Gasteiger partial charge in [-0.25, -0.2) is 8.78 Å². The first-order chi connectivity index (χ1) is 16.0. The van der Waals surface area contributed by atoms with Gasteiger partial charge in [0.1, 0.15) is 17.7 Å². The van der Waals surface area contributed by atoms with Gasteiger partial charge in [0.2, 0.25) is 0 Å². The number of aromatic nitrogens is 1. The Bertz CT molecular complexity index is 1110. The molecule has 1 unspecified atom stereocenters. The minimum Gasteiger partial charge on any atom is -0.493 e. The Kier molecular flexibility index (Phi) is 5.89. The molecule has 172 valence electrons. The Hall–Kier alpha value is -3.19. The molecule has 5 nitrogen and oxygen atoms in total. The highest BCUT2D eigenvalue weighted by Crippen LogP contribution is 2.48. The lowest BCUT2D eigenvalue weighted by Crippen LogP contribution is -2.30. The van der Waals surface area contributed by atoms with Crippen LogP contribution in [0, 0.1) is 5.92 Å². The van der Waals surface area contributed by atoms with Crippen LogP contribution in [0.2, 0.25) is 0 Å². The molecule has 3 aromatic rings. The highest BCUT2D eigenvalue weighted by atomic mass is 19.3. The second kappa shape index (κ2) is 8.98. The van der Waals surface area contributed by atoms with Gasteiger partial charge in [0.15, 0.2) is 0 Å². The molecule has 1 fully saturated rings. The molecule has 0 amide bonds. The lowest BCUT2D eigenvalue weighted by atomic mass is 9.99. The van der Waals surface area contributed by atoms with Crippen LogP contribution in [0.1, 0.15) is 34.4 Å². The summed E-state index contributed by atoms with van der Waals surface area (Å²) in [4.78, 5) is 2.42. The Morgan fingerprint density at radius 1 is 1.15 bits per heavy atom. The first kappa shape index (κ1) is 21.6. The molecule has 0 radical (unpaired) electrons. The van der Waals surface area contributed by atoms with Crippen molar-refractivity contribution in [3.8, 4) is 5.75 Å². The number of hydrogen-bond acceptors (Lipinski definition) is 5. The average Bonchev–Trinajstić information content (AvgIpc) is 3.17. The van der Waals surface area contributed by atoms with Gasteiger partial charge in [-0.3, -0.25) is 4.90 Å². The molecule has 1 N–H and O–H groups in total. The van der Waals surface area contributed by atoms with Crippen LogP contribution in [0.5, 0.6) is 5.75 Å². The van der Waals surface area contributed by atoms with Crippen molar-refractivity contribution in [2.24, 2.45) is 5.92 Å². The summed E-state index contributed by atoms with van der Waals surface area (Å²) in [5, 5.41) is 7.14. The van der Waals surface area contributed by atoms with Crippen LogP contribution < -0.4 is 10.1 Å². The average molecular weight is 452 g/mol.